The Morgan fingerprint density at radius 1 is 0.705 bits per heavy atom. The molecule has 9 heteroatoms. The summed E-state index contributed by atoms with van der Waals surface area (Å²) in [6.45, 7) is 0. The average Bonchev–Trinajstić information content (AvgIpc) is 3.06. The highest BCUT2D eigenvalue weighted by Crippen LogP contribution is 2.36. The van der Waals surface area contributed by atoms with E-state index < -0.39 is 17.1 Å². The quantitative estimate of drug-likeness (QED) is 0.110. The molecule has 0 fully saturated rings. The van der Waals surface area contributed by atoms with Crippen molar-refractivity contribution < 1.29 is 14.4 Å². The third kappa shape index (κ3) is 8.22. The lowest BCUT2D eigenvalue weighted by molar-refractivity contribution is -0.116. The molecule has 0 aliphatic rings. The van der Waals surface area contributed by atoms with Gasteiger partial charge in [-0.15, -0.1) is 11.8 Å². The number of hydrogen-bond acceptors (Lipinski definition) is 5. The van der Waals surface area contributed by atoms with E-state index >= 15 is 0 Å². The predicted molar refractivity (Wildman–Crippen MR) is 176 cm³/mol. The van der Waals surface area contributed by atoms with E-state index in [1.54, 1.807) is 91.3 Å². The summed E-state index contributed by atoms with van der Waals surface area (Å²) >= 11 is 7.72. The van der Waals surface area contributed by atoms with Crippen LogP contribution in [0.1, 0.15) is 26.7 Å². The molecule has 218 valence electrons. The molecule has 1 aromatic heterocycles. The van der Waals surface area contributed by atoms with Gasteiger partial charge in [0.1, 0.15) is 10.9 Å². The molecular formula is C35H27ClN4O3S. The van der Waals surface area contributed by atoms with E-state index in [-0.39, 0.29) is 11.6 Å². The standard InChI is InChI=1S/C35H27ClN4O3S/c36-30-14-8-7-13-26(30)23-31(40-33(41)25-11-5-2-6-12-25)34(42)38-27-15-17-29(18-16-27)44-32(24-9-3-1-4-10-24)35(43)39-28-19-21-37-22-20-28/h1-23,32H,(H,38,42)(H,40,41)(H,37,39,43)/b31-23-. The number of benzene rings is 4. The Bertz CT molecular complexity index is 1770. The van der Waals surface area contributed by atoms with E-state index in [1.807, 2.05) is 42.5 Å². The highest BCUT2D eigenvalue weighted by molar-refractivity contribution is 8.00. The van der Waals surface area contributed by atoms with Crippen molar-refractivity contribution in [2.45, 2.75) is 10.1 Å². The minimum absolute atomic E-state index is 0.0299. The molecule has 1 atom stereocenters. The second kappa shape index (κ2) is 14.8. The summed E-state index contributed by atoms with van der Waals surface area (Å²) in [7, 11) is 0. The molecule has 4 aromatic carbocycles. The van der Waals surface area contributed by atoms with E-state index in [2.05, 4.69) is 20.9 Å². The van der Waals surface area contributed by atoms with Gasteiger partial charge in [-0.2, -0.15) is 0 Å². The second-order valence-corrected chi connectivity index (χ2v) is 11.1. The Hall–Kier alpha value is -5.18. The molecule has 0 saturated heterocycles. The number of rotatable bonds is 10. The van der Waals surface area contributed by atoms with Crippen molar-refractivity contribution in [1.82, 2.24) is 10.3 Å². The van der Waals surface area contributed by atoms with Gasteiger partial charge in [-0.1, -0.05) is 78.3 Å². The van der Waals surface area contributed by atoms with Crippen LogP contribution in [-0.2, 0) is 9.59 Å². The summed E-state index contributed by atoms with van der Waals surface area (Å²) in [5, 5.41) is 8.43. The molecule has 0 spiro atoms. The molecule has 5 aromatic rings. The number of nitrogens with one attached hydrogen (secondary N) is 3. The van der Waals surface area contributed by atoms with Gasteiger partial charge in [0.25, 0.3) is 11.8 Å². The number of halogens is 1. The maximum absolute atomic E-state index is 13.4. The summed E-state index contributed by atoms with van der Waals surface area (Å²) in [4.78, 5) is 44.5. The number of anilines is 2. The minimum atomic E-state index is -0.525. The van der Waals surface area contributed by atoms with Gasteiger partial charge in [-0.3, -0.25) is 19.4 Å². The minimum Gasteiger partial charge on any atom is -0.325 e. The lowest BCUT2D eigenvalue weighted by Gasteiger charge is -2.17. The summed E-state index contributed by atoms with van der Waals surface area (Å²) in [5.74, 6) is -1.12. The Labute approximate surface area is 264 Å². The zero-order chi connectivity index (χ0) is 30.7. The van der Waals surface area contributed by atoms with E-state index in [1.165, 1.54) is 17.8 Å². The molecule has 3 amide bonds. The van der Waals surface area contributed by atoms with Crippen molar-refractivity contribution in [2.24, 2.45) is 0 Å². The van der Waals surface area contributed by atoms with Gasteiger partial charge in [0.05, 0.1) is 0 Å². The smallest absolute Gasteiger partial charge is 0.272 e. The monoisotopic (exact) mass is 618 g/mol. The van der Waals surface area contributed by atoms with Gasteiger partial charge >= 0.3 is 0 Å². The fraction of sp³-hybridized carbons (Fsp3) is 0.0286. The van der Waals surface area contributed by atoms with Crippen LogP contribution in [0, 0.1) is 0 Å². The largest absolute Gasteiger partial charge is 0.325 e. The fourth-order valence-electron chi connectivity index (χ4n) is 4.19. The molecule has 3 N–H and O–H groups in total. The number of aromatic nitrogens is 1. The van der Waals surface area contributed by atoms with Crippen molar-refractivity contribution in [3.05, 3.63) is 161 Å². The van der Waals surface area contributed by atoms with Crippen molar-refractivity contribution in [1.29, 1.82) is 0 Å². The average molecular weight is 619 g/mol. The molecule has 0 saturated carbocycles. The van der Waals surface area contributed by atoms with E-state index in [0.717, 1.165) is 10.5 Å². The van der Waals surface area contributed by atoms with Crippen LogP contribution in [-0.4, -0.2) is 22.7 Å². The van der Waals surface area contributed by atoms with Crippen LogP contribution in [0.25, 0.3) is 6.08 Å². The van der Waals surface area contributed by atoms with Crippen LogP contribution in [0.4, 0.5) is 11.4 Å². The lowest BCUT2D eigenvalue weighted by Crippen LogP contribution is -2.30. The van der Waals surface area contributed by atoms with Gasteiger partial charge in [-0.25, -0.2) is 0 Å². The van der Waals surface area contributed by atoms with Gasteiger partial charge in [0.15, 0.2) is 0 Å². The van der Waals surface area contributed by atoms with Crippen LogP contribution in [0.15, 0.2) is 144 Å². The highest BCUT2D eigenvalue weighted by atomic mass is 35.5. The van der Waals surface area contributed by atoms with Crippen molar-refractivity contribution in [3.63, 3.8) is 0 Å². The molecule has 0 bridgehead atoms. The first-order chi connectivity index (χ1) is 21.5. The Morgan fingerprint density at radius 2 is 1.32 bits per heavy atom. The zero-order valence-corrected chi connectivity index (χ0v) is 24.9. The first-order valence-electron chi connectivity index (χ1n) is 13.6. The molecule has 7 nitrogen and oxygen atoms in total. The van der Waals surface area contributed by atoms with Crippen LogP contribution in [0.2, 0.25) is 5.02 Å². The van der Waals surface area contributed by atoms with Crippen LogP contribution in [0.3, 0.4) is 0 Å². The Kier molecular flexibility index (Phi) is 10.2. The normalized spacial score (nSPS) is 11.7. The van der Waals surface area contributed by atoms with Gasteiger partial charge in [0, 0.05) is 39.3 Å². The SMILES string of the molecule is O=C(Nc1ccc(SC(C(=O)Nc2ccncc2)c2ccccc2)cc1)/C(=C/c1ccccc1Cl)NC(=O)c1ccccc1. The topological polar surface area (TPSA) is 100 Å². The number of nitrogens with zero attached hydrogens (tertiary/aromatic N) is 1. The molecule has 0 radical (unpaired) electrons. The molecule has 1 unspecified atom stereocenters. The third-order valence-electron chi connectivity index (χ3n) is 6.39. The molecule has 0 aliphatic carbocycles. The van der Waals surface area contributed by atoms with Gasteiger partial charge in [0.2, 0.25) is 5.91 Å². The molecule has 5 rings (SSSR count). The van der Waals surface area contributed by atoms with E-state index in [4.69, 9.17) is 11.6 Å². The predicted octanol–water partition coefficient (Wildman–Crippen LogP) is 7.62. The summed E-state index contributed by atoms with van der Waals surface area (Å²) in [5.41, 5.74) is 3.04. The van der Waals surface area contributed by atoms with Gasteiger partial charge < -0.3 is 16.0 Å². The highest BCUT2D eigenvalue weighted by Gasteiger charge is 2.22. The molecule has 1 heterocycles. The maximum atomic E-state index is 13.4. The van der Waals surface area contributed by atoms with Crippen LogP contribution < -0.4 is 16.0 Å². The molecule has 0 aliphatic heterocycles. The molecule has 44 heavy (non-hydrogen) atoms. The van der Waals surface area contributed by atoms with E-state index in [9.17, 15) is 14.4 Å². The molecular weight excluding hydrogens is 592 g/mol. The number of pyridine rings is 1. The summed E-state index contributed by atoms with van der Waals surface area (Å²) in [6, 6.07) is 35.8. The van der Waals surface area contributed by atoms with Crippen molar-refractivity contribution >= 4 is 58.5 Å². The Morgan fingerprint density at radius 3 is 2.00 bits per heavy atom. The summed E-state index contributed by atoms with van der Waals surface area (Å²) < 4.78 is 0. The first-order valence-corrected chi connectivity index (χ1v) is 14.9. The van der Waals surface area contributed by atoms with Crippen molar-refractivity contribution in [3.8, 4) is 0 Å². The number of carbonyl (C=O) groups excluding carboxylic acids is 3. The van der Waals surface area contributed by atoms with Crippen LogP contribution >= 0.6 is 23.4 Å². The lowest BCUT2D eigenvalue weighted by atomic mass is 10.1. The zero-order valence-electron chi connectivity index (χ0n) is 23.3. The summed E-state index contributed by atoms with van der Waals surface area (Å²) in [6.07, 6.45) is 4.78. The number of thioether (sulfide) groups is 1. The van der Waals surface area contributed by atoms with Crippen molar-refractivity contribution in [2.75, 3.05) is 10.6 Å². The number of hydrogen-bond donors (Lipinski definition) is 3. The first kappa shape index (κ1) is 30.3. The number of amides is 3. The fourth-order valence-corrected chi connectivity index (χ4v) is 5.40. The third-order valence-corrected chi connectivity index (χ3v) is 8.00. The van der Waals surface area contributed by atoms with E-state index in [0.29, 0.717) is 27.5 Å². The van der Waals surface area contributed by atoms with Gasteiger partial charge in [-0.05, 0) is 71.8 Å². The Balaban J connectivity index is 1.33. The maximum Gasteiger partial charge on any atom is 0.272 e. The van der Waals surface area contributed by atoms with Crippen LogP contribution in [0.5, 0.6) is 0 Å². The second-order valence-electron chi connectivity index (χ2n) is 9.51. The number of carbonyl (C=O) groups is 3.